The van der Waals surface area contributed by atoms with Crippen LogP contribution in [0, 0.1) is 0 Å². The fourth-order valence-electron chi connectivity index (χ4n) is 1.59. The lowest BCUT2D eigenvalue weighted by molar-refractivity contribution is 0.0374. The van der Waals surface area contributed by atoms with Crippen molar-refractivity contribution in [2.24, 2.45) is 5.73 Å². The molecule has 2 atom stereocenters. The van der Waals surface area contributed by atoms with Gasteiger partial charge in [0.2, 0.25) is 0 Å². The number of rotatable bonds is 3. The van der Waals surface area contributed by atoms with E-state index in [1.165, 1.54) is 12.8 Å². The molecule has 12 heavy (non-hydrogen) atoms. The van der Waals surface area contributed by atoms with Gasteiger partial charge < -0.3 is 10.5 Å². The minimum Gasteiger partial charge on any atom is -0.374 e. The third kappa shape index (κ3) is 3.37. The van der Waals surface area contributed by atoms with Gasteiger partial charge in [-0.1, -0.05) is 12.2 Å². The molecule has 0 aromatic rings. The van der Waals surface area contributed by atoms with E-state index >= 15 is 0 Å². The van der Waals surface area contributed by atoms with Crippen molar-refractivity contribution in [3.63, 3.8) is 0 Å². The summed E-state index contributed by atoms with van der Waals surface area (Å²) in [4.78, 5) is 0. The molecule has 2 unspecified atom stereocenters. The molecule has 0 heterocycles. The first-order valence-corrected chi connectivity index (χ1v) is 4.70. The van der Waals surface area contributed by atoms with Crippen LogP contribution in [0.5, 0.6) is 0 Å². The Morgan fingerprint density at radius 1 is 1.58 bits per heavy atom. The normalized spacial score (nSPS) is 30.2. The number of hydrogen-bond donors (Lipinski definition) is 1. The van der Waals surface area contributed by atoms with Crippen LogP contribution in [0.2, 0.25) is 0 Å². The van der Waals surface area contributed by atoms with E-state index in [0.29, 0.717) is 18.8 Å². The van der Waals surface area contributed by atoms with Crippen molar-refractivity contribution >= 4 is 0 Å². The molecule has 1 saturated carbocycles. The van der Waals surface area contributed by atoms with Crippen molar-refractivity contribution in [3.05, 3.63) is 12.2 Å². The number of hydrogen-bond acceptors (Lipinski definition) is 2. The minimum absolute atomic E-state index is 0.355. The third-order valence-corrected chi connectivity index (χ3v) is 2.23. The highest BCUT2D eigenvalue weighted by Gasteiger charge is 2.19. The molecule has 0 amide bonds. The van der Waals surface area contributed by atoms with Gasteiger partial charge in [-0.25, -0.2) is 0 Å². The Balaban J connectivity index is 2.18. The zero-order valence-electron chi connectivity index (χ0n) is 7.88. The van der Waals surface area contributed by atoms with E-state index in [1.54, 1.807) is 0 Å². The highest BCUT2D eigenvalue weighted by molar-refractivity contribution is 4.88. The molecule has 0 saturated heterocycles. The Morgan fingerprint density at radius 2 is 2.33 bits per heavy atom. The molecule has 0 radical (unpaired) electrons. The highest BCUT2D eigenvalue weighted by Crippen LogP contribution is 2.19. The molecule has 0 aliphatic heterocycles. The average Bonchev–Trinajstić information content (AvgIpc) is 2.01. The van der Waals surface area contributed by atoms with Gasteiger partial charge in [0.1, 0.15) is 0 Å². The summed E-state index contributed by atoms with van der Waals surface area (Å²) >= 11 is 0. The van der Waals surface area contributed by atoms with Crippen molar-refractivity contribution < 1.29 is 4.74 Å². The molecule has 0 bridgehead atoms. The zero-order chi connectivity index (χ0) is 8.97. The maximum atomic E-state index is 5.83. The van der Waals surface area contributed by atoms with E-state index in [1.807, 2.05) is 6.92 Å². The van der Waals surface area contributed by atoms with Gasteiger partial charge in [0.25, 0.3) is 0 Å². The smallest absolute Gasteiger partial charge is 0.0675 e. The van der Waals surface area contributed by atoms with E-state index in [0.717, 1.165) is 18.4 Å². The van der Waals surface area contributed by atoms with Crippen molar-refractivity contribution in [2.75, 3.05) is 6.61 Å². The summed E-state index contributed by atoms with van der Waals surface area (Å²) in [5.41, 5.74) is 6.92. The number of ether oxygens (including phenoxy) is 1. The molecule has 0 aromatic carbocycles. The summed E-state index contributed by atoms with van der Waals surface area (Å²) in [6, 6.07) is 0.355. The van der Waals surface area contributed by atoms with Crippen LogP contribution in [-0.4, -0.2) is 18.8 Å². The average molecular weight is 169 g/mol. The molecule has 1 rings (SSSR count). The zero-order valence-corrected chi connectivity index (χ0v) is 7.88. The standard InChI is InChI=1S/C10H19NO/c1-8(2)7-12-10-5-3-4-9(11)6-10/h9-10H,1,3-7,11H2,2H3. The molecular weight excluding hydrogens is 150 g/mol. The maximum absolute atomic E-state index is 5.83. The lowest BCUT2D eigenvalue weighted by atomic mass is 9.93. The number of nitrogens with two attached hydrogens (primary N) is 1. The lowest BCUT2D eigenvalue weighted by Crippen LogP contribution is -2.32. The van der Waals surface area contributed by atoms with Crippen LogP contribution >= 0.6 is 0 Å². The second-order valence-corrected chi connectivity index (χ2v) is 3.82. The van der Waals surface area contributed by atoms with Crippen LogP contribution < -0.4 is 5.73 Å². The second kappa shape index (κ2) is 4.63. The Hall–Kier alpha value is -0.340. The molecule has 0 aromatic heterocycles. The first-order chi connectivity index (χ1) is 5.68. The fourth-order valence-corrected chi connectivity index (χ4v) is 1.59. The Bertz CT molecular complexity index is 156. The van der Waals surface area contributed by atoms with E-state index < -0.39 is 0 Å². The molecule has 70 valence electrons. The highest BCUT2D eigenvalue weighted by atomic mass is 16.5. The van der Waals surface area contributed by atoms with Crippen molar-refractivity contribution in [2.45, 2.75) is 44.8 Å². The van der Waals surface area contributed by atoms with Gasteiger partial charge in [0.15, 0.2) is 0 Å². The van der Waals surface area contributed by atoms with Crippen LogP contribution in [0.4, 0.5) is 0 Å². The lowest BCUT2D eigenvalue weighted by Gasteiger charge is -2.26. The van der Waals surface area contributed by atoms with E-state index in [9.17, 15) is 0 Å². The van der Waals surface area contributed by atoms with Crippen LogP contribution in [0.25, 0.3) is 0 Å². The van der Waals surface area contributed by atoms with Gasteiger partial charge >= 0.3 is 0 Å². The van der Waals surface area contributed by atoms with Crippen LogP contribution in [0.3, 0.4) is 0 Å². The molecular formula is C10H19NO. The molecule has 0 spiro atoms. The van der Waals surface area contributed by atoms with Gasteiger partial charge in [0.05, 0.1) is 12.7 Å². The van der Waals surface area contributed by atoms with Gasteiger partial charge in [-0.05, 0) is 32.6 Å². The minimum atomic E-state index is 0.355. The van der Waals surface area contributed by atoms with Crippen molar-refractivity contribution in [3.8, 4) is 0 Å². The quantitative estimate of drug-likeness (QED) is 0.654. The van der Waals surface area contributed by atoms with Crippen molar-refractivity contribution in [1.82, 2.24) is 0 Å². The summed E-state index contributed by atoms with van der Waals surface area (Å²) in [5, 5.41) is 0. The van der Waals surface area contributed by atoms with Crippen LogP contribution in [-0.2, 0) is 4.74 Å². The van der Waals surface area contributed by atoms with Gasteiger partial charge in [-0.3, -0.25) is 0 Å². The summed E-state index contributed by atoms with van der Waals surface area (Å²) in [5.74, 6) is 0. The van der Waals surface area contributed by atoms with E-state index in [4.69, 9.17) is 10.5 Å². The molecule has 1 aliphatic rings. The first-order valence-electron chi connectivity index (χ1n) is 4.70. The SMILES string of the molecule is C=C(C)COC1CCCC(N)C1. The molecule has 1 aliphatic carbocycles. The monoisotopic (exact) mass is 169 g/mol. The summed E-state index contributed by atoms with van der Waals surface area (Å²) < 4.78 is 5.64. The topological polar surface area (TPSA) is 35.2 Å². The summed E-state index contributed by atoms with van der Waals surface area (Å²) in [6.45, 7) is 6.48. The fraction of sp³-hybridized carbons (Fsp3) is 0.800. The molecule has 1 fully saturated rings. The maximum Gasteiger partial charge on any atom is 0.0675 e. The Kier molecular flexibility index (Phi) is 3.76. The van der Waals surface area contributed by atoms with Gasteiger partial charge in [-0.15, -0.1) is 0 Å². The Labute approximate surface area is 74.8 Å². The van der Waals surface area contributed by atoms with E-state index in [2.05, 4.69) is 6.58 Å². The predicted molar refractivity (Wildman–Crippen MR) is 51.0 cm³/mol. The predicted octanol–water partition coefficient (Wildman–Crippen LogP) is 1.85. The van der Waals surface area contributed by atoms with Crippen LogP contribution in [0.15, 0.2) is 12.2 Å². The van der Waals surface area contributed by atoms with Gasteiger partial charge in [-0.2, -0.15) is 0 Å². The molecule has 2 N–H and O–H groups in total. The van der Waals surface area contributed by atoms with Crippen molar-refractivity contribution in [1.29, 1.82) is 0 Å². The second-order valence-electron chi connectivity index (χ2n) is 3.82. The third-order valence-electron chi connectivity index (χ3n) is 2.23. The molecule has 2 nitrogen and oxygen atoms in total. The largest absolute Gasteiger partial charge is 0.374 e. The van der Waals surface area contributed by atoms with E-state index in [-0.39, 0.29) is 0 Å². The summed E-state index contributed by atoms with van der Waals surface area (Å²) in [6.07, 6.45) is 4.94. The molecule has 2 heteroatoms. The first kappa shape index (κ1) is 9.75. The summed E-state index contributed by atoms with van der Waals surface area (Å²) in [7, 11) is 0. The Morgan fingerprint density at radius 3 is 2.92 bits per heavy atom. The van der Waals surface area contributed by atoms with Crippen LogP contribution in [0.1, 0.15) is 32.6 Å². The van der Waals surface area contributed by atoms with Gasteiger partial charge in [0, 0.05) is 6.04 Å².